The third kappa shape index (κ3) is 3.12. The molecule has 1 aromatic carbocycles. The molecule has 3 atom stereocenters. The van der Waals surface area contributed by atoms with Gasteiger partial charge in [-0.15, -0.1) is 23.4 Å². The highest BCUT2D eigenvalue weighted by atomic mass is 35.5. The van der Waals surface area contributed by atoms with Crippen LogP contribution in [0, 0.1) is 5.92 Å². The molecule has 1 aliphatic heterocycles. The zero-order valence-corrected chi connectivity index (χ0v) is 12.8. The number of alkyl halides is 1. The van der Waals surface area contributed by atoms with E-state index in [1.165, 1.54) is 36.3 Å². The maximum atomic E-state index is 6.11. The Morgan fingerprint density at radius 1 is 1.21 bits per heavy atom. The van der Waals surface area contributed by atoms with Gasteiger partial charge in [0.15, 0.2) is 0 Å². The van der Waals surface area contributed by atoms with Crippen LogP contribution in [0.5, 0.6) is 0 Å². The number of halogens is 1. The van der Waals surface area contributed by atoms with Gasteiger partial charge < -0.3 is 5.32 Å². The molecule has 1 fully saturated rings. The molecular weight excluding hydrogens is 274 g/mol. The Balaban J connectivity index is 1.58. The Morgan fingerprint density at radius 2 is 2.05 bits per heavy atom. The van der Waals surface area contributed by atoms with Gasteiger partial charge in [-0.2, -0.15) is 0 Å². The lowest BCUT2D eigenvalue weighted by Crippen LogP contribution is -2.41. The van der Waals surface area contributed by atoms with Crippen molar-refractivity contribution < 1.29 is 0 Å². The van der Waals surface area contributed by atoms with E-state index in [2.05, 4.69) is 29.6 Å². The highest BCUT2D eigenvalue weighted by Crippen LogP contribution is 2.39. The van der Waals surface area contributed by atoms with Crippen LogP contribution >= 0.6 is 23.4 Å². The SMILES string of the molecule is ClCC1CCCCC1NCC1CSc2ccccc21. The number of benzene rings is 1. The number of thioether (sulfide) groups is 1. The minimum absolute atomic E-state index is 0.643. The molecule has 0 spiro atoms. The summed E-state index contributed by atoms with van der Waals surface area (Å²) in [5.74, 6) is 3.40. The molecule has 3 rings (SSSR count). The average Bonchev–Trinajstić information content (AvgIpc) is 2.89. The number of rotatable bonds is 4. The van der Waals surface area contributed by atoms with Gasteiger partial charge in [-0.1, -0.05) is 31.0 Å². The van der Waals surface area contributed by atoms with E-state index < -0.39 is 0 Å². The summed E-state index contributed by atoms with van der Waals surface area (Å²) < 4.78 is 0. The van der Waals surface area contributed by atoms with Gasteiger partial charge in [0.1, 0.15) is 0 Å². The second-order valence-corrected chi connectivity index (χ2v) is 7.13. The van der Waals surface area contributed by atoms with Gasteiger partial charge in [0.2, 0.25) is 0 Å². The van der Waals surface area contributed by atoms with E-state index in [9.17, 15) is 0 Å². The van der Waals surface area contributed by atoms with Crippen LogP contribution in [0.4, 0.5) is 0 Å². The van der Waals surface area contributed by atoms with E-state index in [1.807, 2.05) is 11.8 Å². The van der Waals surface area contributed by atoms with Crippen LogP contribution in [0.1, 0.15) is 37.2 Å². The topological polar surface area (TPSA) is 12.0 Å². The van der Waals surface area contributed by atoms with Gasteiger partial charge in [0, 0.05) is 35.0 Å². The lowest BCUT2D eigenvalue weighted by Gasteiger charge is -2.32. The summed E-state index contributed by atoms with van der Waals surface area (Å²) in [7, 11) is 0. The predicted molar refractivity (Wildman–Crippen MR) is 84.4 cm³/mol. The fourth-order valence-corrected chi connectivity index (χ4v) is 4.98. The lowest BCUT2D eigenvalue weighted by atomic mass is 9.85. The summed E-state index contributed by atoms with van der Waals surface area (Å²) in [5, 5.41) is 3.81. The van der Waals surface area contributed by atoms with Gasteiger partial charge in [0.05, 0.1) is 0 Å². The van der Waals surface area contributed by atoms with Crippen molar-refractivity contribution in [2.45, 2.75) is 42.5 Å². The van der Waals surface area contributed by atoms with Crippen molar-refractivity contribution >= 4 is 23.4 Å². The third-order valence-electron chi connectivity index (χ3n) is 4.53. The van der Waals surface area contributed by atoms with Crippen LogP contribution in [-0.4, -0.2) is 24.2 Å². The first-order chi connectivity index (χ1) is 9.38. The molecular formula is C16H22ClNS. The zero-order valence-electron chi connectivity index (χ0n) is 11.3. The summed E-state index contributed by atoms with van der Waals surface area (Å²) >= 11 is 8.11. The minimum Gasteiger partial charge on any atom is -0.313 e. The van der Waals surface area contributed by atoms with Crippen LogP contribution in [-0.2, 0) is 0 Å². The molecule has 0 aromatic heterocycles. The quantitative estimate of drug-likeness (QED) is 0.833. The molecule has 1 heterocycles. The molecule has 2 aliphatic rings. The Hall–Kier alpha value is -0.180. The first kappa shape index (κ1) is 13.8. The molecule has 1 aliphatic carbocycles. The zero-order chi connectivity index (χ0) is 13.1. The molecule has 1 nitrogen and oxygen atoms in total. The maximum Gasteiger partial charge on any atom is 0.0266 e. The summed E-state index contributed by atoms with van der Waals surface area (Å²) in [4.78, 5) is 1.48. The van der Waals surface area contributed by atoms with Crippen molar-refractivity contribution in [3.63, 3.8) is 0 Å². The molecule has 0 amide bonds. The summed E-state index contributed by atoms with van der Waals surface area (Å²) in [5.41, 5.74) is 1.54. The molecule has 0 bridgehead atoms. The molecule has 3 heteroatoms. The highest BCUT2D eigenvalue weighted by Gasteiger charge is 2.27. The molecule has 19 heavy (non-hydrogen) atoms. The third-order valence-corrected chi connectivity index (χ3v) is 6.18. The molecule has 1 saturated carbocycles. The monoisotopic (exact) mass is 295 g/mol. The van der Waals surface area contributed by atoms with E-state index >= 15 is 0 Å². The Labute approximate surface area is 125 Å². The first-order valence-electron chi connectivity index (χ1n) is 7.39. The second kappa shape index (κ2) is 6.51. The lowest BCUT2D eigenvalue weighted by molar-refractivity contribution is 0.281. The fraction of sp³-hybridized carbons (Fsp3) is 0.625. The Kier molecular flexibility index (Phi) is 4.73. The van der Waals surface area contributed by atoms with Crippen LogP contribution in [0.15, 0.2) is 29.2 Å². The number of hydrogen-bond donors (Lipinski definition) is 1. The molecule has 3 unspecified atom stereocenters. The molecule has 0 radical (unpaired) electrons. The largest absolute Gasteiger partial charge is 0.313 e. The second-order valence-electron chi connectivity index (χ2n) is 5.76. The average molecular weight is 296 g/mol. The normalized spacial score (nSPS) is 30.3. The van der Waals surface area contributed by atoms with E-state index in [0.717, 1.165) is 12.4 Å². The van der Waals surface area contributed by atoms with E-state index in [-0.39, 0.29) is 0 Å². The molecule has 1 N–H and O–H groups in total. The minimum atomic E-state index is 0.643. The van der Waals surface area contributed by atoms with Gasteiger partial charge >= 0.3 is 0 Å². The van der Waals surface area contributed by atoms with Crippen molar-refractivity contribution in [1.29, 1.82) is 0 Å². The first-order valence-corrected chi connectivity index (χ1v) is 8.91. The van der Waals surface area contributed by atoms with E-state index in [0.29, 0.717) is 17.9 Å². The van der Waals surface area contributed by atoms with Crippen LogP contribution < -0.4 is 5.32 Å². The van der Waals surface area contributed by atoms with Crippen molar-refractivity contribution in [1.82, 2.24) is 5.32 Å². The Morgan fingerprint density at radius 3 is 2.95 bits per heavy atom. The van der Waals surface area contributed by atoms with Crippen molar-refractivity contribution in [3.05, 3.63) is 29.8 Å². The van der Waals surface area contributed by atoms with E-state index in [4.69, 9.17) is 11.6 Å². The predicted octanol–water partition coefficient (Wildman–Crippen LogP) is 4.26. The summed E-state index contributed by atoms with van der Waals surface area (Å²) in [6, 6.07) is 9.50. The molecule has 1 aromatic rings. The van der Waals surface area contributed by atoms with Gasteiger partial charge in [0.25, 0.3) is 0 Å². The fourth-order valence-electron chi connectivity index (χ4n) is 3.35. The van der Waals surface area contributed by atoms with Crippen molar-refractivity contribution in [3.8, 4) is 0 Å². The van der Waals surface area contributed by atoms with E-state index in [1.54, 1.807) is 5.56 Å². The maximum absolute atomic E-state index is 6.11. The van der Waals surface area contributed by atoms with Gasteiger partial charge in [-0.25, -0.2) is 0 Å². The highest BCUT2D eigenvalue weighted by molar-refractivity contribution is 7.99. The summed E-state index contributed by atoms with van der Waals surface area (Å²) in [6.45, 7) is 1.11. The number of nitrogens with one attached hydrogen (secondary N) is 1. The van der Waals surface area contributed by atoms with Crippen molar-refractivity contribution in [2.24, 2.45) is 5.92 Å². The van der Waals surface area contributed by atoms with Crippen LogP contribution in [0.2, 0.25) is 0 Å². The number of fused-ring (bicyclic) bond motifs is 1. The van der Waals surface area contributed by atoms with Gasteiger partial charge in [-0.05, 0) is 30.4 Å². The van der Waals surface area contributed by atoms with Crippen LogP contribution in [0.3, 0.4) is 0 Å². The van der Waals surface area contributed by atoms with Crippen LogP contribution in [0.25, 0.3) is 0 Å². The van der Waals surface area contributed by atoms with Gasteiger partial charge in [-0.3, -0.25) is 0 Å². The molecule has 0 saturated heterocycles. The standard InChI is InChI=1S/C16H22ClNS/c17-9-12-5-1-3-7-15(12)18-10-13-11-19-16-8-4-2-6-14(13)16/h2,4,6,8,12-13,15,18H,1,3,5,7,9-11H2. The smallest absolute Gasteiger partial charge is 0.0266 e. The molecule has 104 valence electrons. The number of hydrogen-bond acceptors (Lipinski definition) is 2. The summed E-state index contributed by atoms with van der Waals surface area (Å²) in [6.07, 6.45) is 5.33. The Bertz CT molecular complexity index is 423. The van der Waals surface area contributed by atoms with Crippen molar-refractivity contribution in [2.75, 3.05) is 18.2 Å².